The molecule has 1 fully saturated rings. The van der Waals surface area contributed by atoms with Crippen molar-refractivity contribution in [3.63, 3.8) is 0 Å². The summed E-state index contributed by atoms with van der Waals surface area (Å²) in [6.07, 6.45) is 0. The summed E-state index contributed by atoms with van der Waals surface area (Å²) in [5.74, 6) is 0.728. The number of hydrogen-bond donors (Lipinski definition) is 2. The maximum absolute atomic E-state index is 12.6. The fourth-order valence-electron chi connectivity index (χ4n) is 2.59. The van der Waals surface area contributed by atoms with Gasteiger partial charge in [-0.2, -0.15) is 0 Å². The van der Waals surface area contributed by atoms with Crippen molar-refractivity contribution in [3.05, 3.63) is 36.0 Å². The van der Waals surface area contributed by atoms with Crippen LogP contribution in [-0.4, -0.2) is 44.2 Å². The molecular weight excluding hydrogens is 314 g/mol. The van der Waals surface area contributed by atoms with Gasteiger partial charge in [-0.25, -0.2) is 0 Å². The van der Waals surface area contributed by atoms with Crippen molar-refractivity contribution in [3.8, 4) is 11.5 Å². The minimum atomic E-state index is -0.501. The van der Waals surface area contributed by atoms with Crippen LogP contribution in [0, 0.1) is 5.92 Å². The van der Waals surface area contributed by atoms with Gasteiger partial charge in [-0.3, -0.25) is 4.79 Å². The van der Waals surface area contributed by atoms with E-state index in [9.17, 15) is 4.79 Å². The quantitative estimate of drug-likeness (QED) is 0.812. The summed E-state index contributed by atoms with van der Waals surface area (Å²) in [7, 11) is 6.59. The summed E-state index contributed by atoms with van der Waals surface area (Å²) < 4.78 is 10.7. The Hall–Kier alpha value is -2.28. The Labute approximate surface area is 141 Å². The smallest absolute Gasteiger partial charge is 0.233 e. The number of methoxy groups -OCH3 is 2. The van der Waals surface area contributed by atoms with Gasteiger partial charge in [0.1, 0.15) is 17.4 Å². The summed E-state index contributed by atoms with van der Waals surface area (Å²) >= 11 is 5.22. The molecule has 124 valence electrons. The van der Waals surface area contributed by atoms with E-state index in [-0.39, 0.29) is 11.9 Å². The average molecular weight is 335 g/mol. The van der Waals surface area contributed by atoms with Crippen molar-refractivity contribution in [1.82, 2.24) is 15.5 Å². The fraction of sp³-hybridized carbons (Fsp3) is 0.375. The van der Waals surface area contributed by atoms with Crippen molar-refractivity contribution in [2.45, 2.75) is 6.04 Å². The molecule has 1 aromatic carbocycles. The first-order chi connectivity index (χ1) is 10.9. The number of amides is 1. The Bertz CT molecular complexity index is 645. The number of ether oxygens (including phenoxy) is 2. The van der Waals surface area contributed by atoms with E-state index in [1.807, 2.05) is 12.1 Å². The van der Waals surface area contributed by atoms with Crippen molar-refractivity contribution in [2.75, 3.05) is 28.3 Å². The van der Waals surface area contributed by atoms with Crippen molar-refractivity contribution >= 4 is 23.2 Å². The molecule has 2 rings (SSSR count). The lowest BCUT2D eigenvalue weighted by Gasteiger charge is -2.37. The lowest BCUT2D eigenvalue weighted by molar-refractivity contribution is -0.132. The lowest BCUT2D eigenvalue weighted by Crippen LogP contribution is -2.52. The van der Waals surface area contributed by atoms with Gasteiger partial charge in [-0.05, 0) is 24.4 Å². The molecule has 0 unspecified atom stereocenters. The van der Waals surface area contributed by atoms with Gasteiger partial charge < -0.3 is 25.0 Å². The summed E-state index contributed by atoms with van der Waals surface area (Å²) in [6, 6.07) is 5.10. The normalized spacial score (nSPS) is 20.3. The third-order valence-electron chi connectivity index (χ3n) is 3.75. The first-order valence-corrected chi connectivity index (χ1v) is 7.49. The molecule has 0 spiro atoms. The van der Waals surface area contributed by atoms with Crippen LogP contribution in [0.2, 0.25) is 0 Å². The van der Waals surface area contributed by atoms with Crippen LogP contribution in [0.4, 0.5) is 0 Å². The minimum absolute atomic E-state index is 0.0691. The second-order valence-corrected chi connectivity index (χ2v) is 5.83. The third-order valence-corrected chi connectivity index (χ3v) is 3.97. The van der Waals surface area contributed by atoms with Gasteiger partial charge in [0.15, 0.2) is 5.11 Å². The summed E-state index contributed by atoms with van der Waals surface area (Å²) in [5, 5.41) is 6.52. The van der Waals surface area contributed by atoms with E-state index in [1.54, 1.807) is 34.4 Å². The van der Waals surface area contributed by atoms with Crippen LogP contribution in [0.25, 0.3) is 0 Å². The number of carbonyl (C=O) groups excluding carboxylic acids is 1. The highest BCUT2D eigenvalue weighted by Crippen LogP contribution is 2.37. The molecule has 0 aromatic heterocycles. The van der Waals surface area contributed by atoms with Crippen molar-refractivity contribution in [2.24, 2.45) is 5.92 Å². The largest absolute Gasteiger partial charge is 0.497 e. The molecule has 6 nitrogen and oxygen atoms in total. The van der Waals surface area contributed by atoms with Gasteiger partial charge in [0.2, 0.25) is 5.91 Å². The van der Waals surface area contributed by atoms with E-state index in [0.29, 0.717) is 22.3 Å². The summed E-state index contributed by atoms with van der Waals surface area (Å²) in [4.78, 5) is 14.1. The van der Waals surface area contributed by atoms with Crippen molar-refractivity contribution in [1.29, 1.82) is 0 Å². The molecule has 0 saturated carbocycles. The Morgan fingerprint density at radius 2 is 2.00 bits per heavy atom. The molecule has 1 heterocycles. The van der Waals surface area contributed by atoms with Crippen LogP contribution in [0.5, 0.6) is 11.5 Å². The van der Waals surface area contributed by atoms with Gasteiger partial charge >= 0.3 is 0 Å². The third kappa shape index (κ3) is 3.39. The first-order valence-electron chi connectivity index (χ1n) is 7.08. The number of benzene rings is 1. The first kappa shape index (κ1) is 17.1. The Morgan fingerprint density at radius 1 is 1.30 bits per heavy atom. The molecule has 1 aliphatic rings. The number of rotatable bonds is 4. The zero-order valence-corrected chi connectivity index (χ0v) is 14.5. The number of hydrogen-bond acceptors (Lipinski definition) is 4. The molecule has 2 atom stereocenters. The Morgan fingerprint density at radius 3 is 2.57 bits per heavy atom. The van der Waals surface area contributed by atoms with Crippen LogP contribution in [0.15, 0.2) is 30.5 Å². The molecule has 7 heteroatoms. The van der Waals surface area contributed by atoms with Crippen LogP contribution in [0.1, 0.15) is 11.6 Å². The predicted octanol–water partition coefficient (Wildman–Crippen LogP) is 1.44. The predicted molar refractivity (Wildman–Crippen MR) is 92.5 cm³/mol. The molecule has 0 aliphatic carbocycles. The van der Waals surface area contributed by atoms with Gasteiger partial charge in [0.25, 0.3) is 0 Å². The van der Waals surface area contributed by atoms with Crippen LogP contribution < -0.4 is 20.1 Å². The SMILES string of the molecule is C=C1NC(=S)N[C@H](c2ccc(OC)cc2OC)[C@H]1C(=O)N(C)C. The summed E-state index contributed by atoms with van der Waals surface area (Å²) in [5.41, 5.74) is 1.38. The van der Waals surface area contributed by atoms with E-state index in [0.717, 1.165) is 5.56 Å². The van der Waals surface area contributed by atoms with Crippen LogP contribution in [-0.2, 0) is 4.79 Å². The van der Waals surface area contributed by atoms with Crippen LogP contribution in [0.3, 0.4) is 0 Å². The summed E-state index contributed by atoms with van der Waals surface area (Å²) in [6.45, 7) is 3.96. The molecule has 23 heavy (non-hydrogen) atoms. The number of carbonyl (C=O) groups is 1. The highest BCUT2D eigenvalue weighted by atomic mass is 32.1. The lowest BCUT2D eigenvalue weighted by atomic mass is 9.87. The minimum Gasteiger partial charge on any atom is -0.497 e. The molecular formula is C16H21N3O3S. The molecule has 0 radical (unpaired) electrons. The molecule has 1 aromatic rings. The average Bonchev–Trinajstić information content (AvgIpc) is 2.52. The second kappa shape index (κ2) is 6.87. The molecule has 2 N–H and O–H groups in total. The van der Waals surface area contributed by atoms with E-state index >= 15 is 0 Å². The standard InChI is InChI=1S/C16H21N3O3S/c1-9-13(15(20)19(2)3)14(18-16(23)17-9)11-7-6-10(21-4)8-12(11)22-5/h6-8,13-14H,1H2,2-5H3,(H2,17,18,23)/t13-,14+/m0/s1. The number of nitrogens with one attached hydrogen (secondary N) is 2. The van der Waals surface area contributed by atoms with E-state index < -0.39 is 5.92 Å². The van der Waals surface area contributed by atoms with Gasteiger partial charge in [0, 0.05) is 31.4 Å². The van der Waals surface area contributed by atoms with E-state index in [1.165, 1.54) is 4.90 Å². The van der Waals surface area contributed by atoms with Gasteiger partial charge in [-0.15, -0.1) is 0 Å². The molecule has 1 aliphatic heterocycles. The monoisotopic (exact) mass is 335 g/mol. The maximum Gasteiger partial charge on any atom is 0.233 e. The maximum atomic E-state index is 12.6. The number of thiocarbonyl (C=S) groups is 1. The van der Waals surface area contributed by atoms with Crippen LogP contribution >= 0.6 is 12.2 Å². The molecule has 0 bridgehead atoms. The number of nitrogens with zero attached hydrogens (tertiary/aromatic N) is 1. The highest BCUT2D eigenvalue weighted by Gasteiger charge is 2.38. The molecule has 1 saturated heterocycles. The molecule has 1 amide bonds. The highest BCUT2D eigenvalue weighted by molar-refractivity contribution is 7.80. The Balaban J connectivity index is 2.49. The zero-order chi connectivity index (χ0) is 17.1. The van der Waals surface area contributed by atoms with E-state index in [2.05, 4.69) is 17.2 Å². The Kier molecular flexibility index (Phi) is 5.10. The van der Waals surface area contributed by atoms with E-state index in [4.69, 9.17) is 21.7 Å². The van der Waals surface area contributed by atoms with Crippen molar-refractivity contribution < 1.29 is 14.3 Å². The topological polar surface area (TPSA) is 62.8 Å². The fourth-order valence-corrected chi connectivity index (χ4v) is 2.85. The zero-order valence-electron chi connectivity index (χ0n) is 13.7. The van der Waals surface area contributed by atoms with Gasteiger partial charge in [-0.1, -0.05) is 6.58 Å². The van der Waals surface area contributed by atoms with Gasteiger partial charge in [0.05, 0.1) is 20.3 Å². The second-order valence-electron chi connectivity index (χ2n) is 5.42.